The molecule has 0 spiro atoms. The van der Waals surface area contributed by atoms with Gasteiger partial charge in [-0.25, -0.2) is 9.97 Å². The molecule has 2 amide bonds. The molecule has 0 fully saturated rings. The van der Waals surface area contributed by atoms with Crippen LogP contribution in [0.2, 0.25) is 0 Å². The van der Waals surface area contributed by atoms with Gasteiger partial charge in [0.2, 0.25) is 0 Å². The normalized spacial score (nSPS) is 10.7. The summed E-state index contributed by atoms with van der Waals surface area (Å²) >= 11 is 1.26. The van der Waals surface area contributed by atoms with Crippen LogP contribution in [0, 0.1) is 18.3 Å². The first-order chi connectivity index (χ1) is 19.3. The zero-order valence-corrected chi connectivity index (χ0v) is 23.0. The number of rotatable bonds is 6. The first kappa shape index (κ1) is 26.5. The second-order valence-electron chi connectivity index (χ2n) is 9.17. The molecule has 5 rings (SSSR count). The van der Waals surface area contributed by atoms with Crippen molar-refractivity contribution in [2.24, 2.45) is 0 Å². The Morgan fingerprint density at radius 2 is 1.77 bits per heavy atom. The number of carbonyl (C=O) groups is 2. The fourth-order valence-corrected chi connectivity index (χ4v) is 5.02. The Morgan fingerprint density at radius 1 is 1.00 bits per heavy atom. The molecule has 10 heteroatoms. The van der Waals surface area contributed by atoms with E-state index in [1.807, 2.05) is 31.2 Å². The van der Waals surface area contributed by atoms with E-state index in [0.717, 1.165) is 11.3 Å². The molecule has 0 aliphatic carbocycles. The summed E-state index contributed by atoms with van der Waals surface area (Å²) in [5.41, 5.74) is 5.53. The summed E-state index contributed by atoms with van der Waals surface area (Å²) in [6.07, 6.45) is 1.51. The van der Waals surface area contributed by atoms with E-state index >= 15 is 0 Å². The number of anilines is 1. The Kier molecular flexibility index (Phi) is 7.23. The molecule has 40 heavy (non-hydrogen) atoms. The molecule has 9 nitrogen and oxygen atoms in total. The van der Waals surface area contributed by atoms with Gasteiger partial charge in [-0.3, -0.25) is 19.9 Å². The summed E-state index contributed by atoms with van der Waals surface area (Å²) in [4.78, 5) is 41.4. The molecule has 0 radical (unpaired) electrons. The third kappa shape index (κ3) is 5.23. The number of nitrogens with zero attached hydrogens (tertiary/aromatic N) is 5. The van der Waals surface area contributed by atoms with Crippen molar-refractivity contribution in [1.82, 2.24) is 19.9 Å². The van der Waals surface area contributed by atoms with Crippen LogP contribution in [0.15, 0.2) is 66.9 Å². The van der Waals surface area contributed by atoms with E-state index in [1.54, 1.807) is 57.6 Å². The number of aromatic nitrogens is 3. The van der Waals surface area contributed by atoms with Crippen LogP contribution in [0.1, 0.15) is 32.0 Å². The van der Waals surface area contributed by atoms with Crippen LogP contribution in [0.25, 0.3) is 32.7 Å². The maximum absolute atomic E-state index is 13.4. The van der Waals surface area contributed by atoms with Gasteiger partial charge >= 0.3 is 0 Å². The largest absolute Gasteiger partial charge is 0.496 e. The highest BCUT2D eigenvalue weighted by molar-refractivity contribution is 7.22. The lowest BCUT2D eigenvalue weighted by Crippen LogP contribution is -2.21. The van der Waals surface area contributed by atoms with E-state index in [2.05, 4.69) is 21.4 Å². The Balaban J connectivity index is 1.44. The molecule has 0 aliphatic rings. The molecule has 198 valence electrons. The van der Waals surface area contributed by atoms with Crippen LogP contribution in [0.5, 0.6) is 5.75 Å². The second-order valence-corrected chi connectivity index (χ2v) is 10.1. The Labute approximate surface area is 234 Å². The Bertz CT molecular complexity index is 1810. The van der Waals surface area contributed by atoms with E-state index in [1.165, 1.54) is 22.4 Å². The summed E-state index contributed by atoms with van der Waals surface area (Å²) in [7, 11) is 4.97. The van der Waals surface area contributed by atoms with Crippen molar-refractivity contribution in [1.29, 1.82) is 5.26 Å². The zero-order chi connectivity index (χ0) is 28.4. The van der Waals surface area contributed by atoms with Crippen molar-refractivity contribution in [2.45, 2.75) is 6.92 Å². The predicted molar refractivity (Wildman–Crippen MR) is 154 cm³/mol. The summed E-state index contributed by atoms with van der Waals surface area (Å²) < 4.78 is 5.51. The van der Waals surface area contributed by atoms with Crippen LogP contribution in [0.4, 0.5) is 5.13 Å². The molecular formula is C30H24N6O3S. The first-order valence-corrected chi connectivity index (χ1v) is 13.0. The van der Waals surface area contributed by atoms with Crippen LogP contribution in [0.3, 0.4) is 0 Å². The van der Waals surface area contributed by atoms with E-state index in [4.69, 9.17) is 9.72 Å². The maximum Gasteiger partial charge on any atom is 0.259 e. The van der Waals surface area contributed by atoms with E-state index < -0.39 is 5.91 Å². The lowest BCUT2D eigenvalue weighted by Gasteiger charge is -2.13. The van der Waals surface area contributed by atoms with Crippen molar-refractivity contribution in [2.75, 3.05) is 26.5 Å². The summed E-state index contributed by atoms with van der Waals surface area (Å²) in [6, 6.07) is 19.9. The van der Waals surface area contributed by atoms with E-state index in [-0.39, 0.29) is 5.91 Å². The number of pyridine rings is 2. The highest BCUT2D eigenvalue weighted by Gasteiger charge is 2.19. The number of thiazole rings is 1. The van der Waals surface area contributed by atoms with Crippen LogP contribution >= 0.6 is 11.3 Å². The van der Waals surface area contributed by atoms with Crippen molar-refractivity contribution >= 4 is 38.6 Å². The van der Waals surface area contributed by atoms with Gasteiger partial charge in [-0.05, 0) is 55.5 Å². The number of methoxy groups -OCH3 is 1. The summed E-state index contributed by atoms with van der Waals surface area (Å²) in [6.45, 7) is 1.83. The standard InChI is InChI=1S/C30H24N6O3S/c1-17-13-21(22-14-18(15-31)5-12-26(22)39-4)23(16-32-17)27(37)35-30-34-25-11-10-24(33-28(25)40-30)19-6-8-20(9-7-19)29(38)36(2)3/h5-14,16H,1-4H3,(H,34,35,37). The van der Waals surface area contributed by atoms with Crippen molar-refractivity contribution in [3.05, 3.63) is 89.2 Å². The molecule has 0 saturated heterocycles. The lowest BCUT2D eigenvalue weighted by atomic mass is 9.97. The molecule has 1 N–H and O–H groups in total. The third-order valence-electron chi connectivity index (χ3n) is 6.21. The highest BCUT2D eigenvalue weighted by Crippen LogP contribution is 2.34. The number of ether oxygens (including phenoxy) is 1. The van der Waals surface area contributed by atoms with E-state index in [0.29, 0.717) is 54.7 Å². The zero-order valence-electron chi connectivity index (χ0n) is 22.2. The predicted octanol–water partition coefficient (Wildman–Crippen LogP) is 5.56. The number of nitriles is 1. The van der Waals surface area contributed by atoms with Gasteiger partial charge in [-0.1, -0.05) is 23.5 Å². The van der Waals surface area contributed by atoms with Crippen molar-refractivity contribution in [3.8, 4) is 34.2 Å². The number of aryl methyl sites for hydroxylation is 1. The number of hydrogen-bond acceptors (Lipinski definition) is 8. The molecule has 0 saturated carbocycles. The van der Waals surface area contributed by atoms with Gasteiger partial charge < -0.3 is 9.64 Å². The van der Waals surface area contributed by atoms with Crippen LogP contribution < -0.4 is 10.1 Å². The lowest BCUT2D eigenvalue weighted by molar-refractivity contribution is 0.0827. The van der Waals surface area contributed by atoms with Gasteiger partial charge in [0.1, 0.15) is 16.1 Å². The Morgan fingerprint density at radius 3 is 2.48 bits per heavy atom. The van der Waals surface area contributed by atoms with E-state index in [9.17, 15) is 14.9 Å². The molecule has 0 atom stereocenters. The fraction of sp³-hybridized carbons (Fsp3) is 0.133. The van der Waals surface area contributed by atoms with Crippen molar-refractivity contribution < 1.29 is 14.3 Å². The molecule has 0 bridgehead atoms. The third-order valence-corrected chi connectivity index (χ3v) is 7.09. The maximum atomic E-state index is 13.4. The summed E-state index contributed by atoms with van der Waals surface area (Å²) in [5, 5.41) is 12.7. The fourth-order valence-electron chi connectivity index (χ4n) is 4.19. The average Bonchev–Trinajstić information content (AvgIpc) is 3.37. The van der Waals surface area contributed by atoms with Gasteiger partial charge in [-0.2, -0.15) is 5.26 Å². The monoisotopic (exact) mass is 548 g/mol. The number of benzene rings is 2. The van der Waals surface area contributed by atoms with Gasteiger partial charge in [0.15, 0.2) is 5.13 Å². The first-order valence-electron chi connectivity index (χ1n) is 12.2. The van der Waals surface area contributed by atoms with Gasteiger partial charge in [-0.15, -0.1) is 0 Å². The number of fused-ring (bicyclic) bond motifs is 1. The smallest absolute Gasteiger partial charge is 0.259 e. The molecule has 0 aliphatic heterocycles. The average molecular weight is 549 g/mol. The molecule has 2 aromatic carbocycles. The molecule has 5 aromatic rings. The van der Waals surface area contributed by atoms with Gasteiger partial charge in [0, 0.05) is 48.2 Å². The quantitative estimate of drug-likeness (QED) is 0.295. The molecule has 0 unspecified atom stereocenters. The van der Waals surface area contributed by atoms with Gasteiger partial charge in [0.05, 0.1) is 30.0 Å². The van der Waals surface area contributed by atoms with Crippen LogP contribution in [-0.4, -0.2) is 52.9 Å². The minimum absolute atomic E-state index is 0.0686. The van der Waals surface area contributed by atoms with Gasteiger partial charge in [0.25, 0.3) is 11.8 Å². The topological polar surface area (TPSA) is 121 Å². The number of hydrogen-bond donors (Lipinski definition) is 1. The molecule has 3 heterocycles. The highest BCUT2D eigenvalue weighted by atomic mass is 32.1. The number of nitrogens with one attached hydrogen (secondary N) is 1. The Hall–Kier alpha value is -5.14. The van der Waals surface area contributed by atoms with Crippen molar-refractivity contribution in [3.63, 3.8) is 0 Å². The second kappa shape index (κ2) is 10.9. The van der Waals surface area contributed by atoms with Crippen LogP contribution in [-0.2, 0) is 0 Å². The minimum Gasteiger partial charge on any atom is -0.496 e. The summed E-state index contributed by atoms with van der Waals surface area (Å²) in [5.74, 6) is 0.0720. The molecule has 3 aromatic heterocycles. The molecular weight excluding hydrogens is 524 g/mol. The SMILES string of the molecule is COc1ccc(C#N)cc1-c1cc(C)ncc1C(=O)Nc1nc2ccc(-c3ccc(C(=O)N(C)C)cc3)nc2s1. The minimum atomic E-state index is -0.396. The number of amides is 2. The number of carbonyl (C=O) groups excluding carboxylic acids is 2.